The molecule has 0 saturated carbocycles. The molecule has 1 aromatic heterocycles. The summed E-state index contributed by atoms with van der Waals surface area (Å²) in [5.74, 6) is 1.50. The van der Waals surface area contributed by atoms with Crippen LogP contribution in [0.15, 0.2) is 35.4 Å². The molecule has 0 radical (unpaired) electrons. The van der Waals surface area contributed by atoms with Crippen LogP contribution in [0, 0.1) is 6.92 Å². The SMILES string of the molecule is COCc1nnc(N2N=C(c3ccc(N)c(C)c3)c3cc4c(cc3C[C@H]2C)OCO4)s1. The van der Waals surface area contributed by atoms with Crippen molar-refractivity contribution in [2.75, 3.05) is 24.6 Å². The Morgan fingerprint density at radius 1 is 1.19 bits per heavy atom. The van der Waals surface area contributed by atoms with E-state index in [1.54, 1.807) is 7.11 Å². The molecule has 5 rings (SSSR count). The number of aryl methyl sites for hydroxylation is 1. The predicted octanol–water partition coefficient (Wildman–Crippen LogP) is 3.51. The minimum Gasteiger partial charge on any atom is -0.454 e. The number of ether oxygens (including phenoxy) is 3. The maximum absolute atomic E-state index is 6.07. The molecule has 160 valence electrons. The molecule has 0 bridgehead atoms. The molecule has 0 unspecified atom stereocenters. The molecule has 0 aliphatic carbocycles. The molecule has 0 fully saturated rings. The summed E-state index contributed by atoms with van der Waals surface area (Å²) < 4.78 is 16.5. The van der Waals surface area contributed by atoms with E-state index < -0.39 is 0 Å². The smallest absolute Gasteiger partial charge is 0.231 e. The van der Waals surface area contributed by atoms with Crippen LogP contribution in [0.4, 0.5) is 10.8 Å². The average molecular weight is 438 g/mol. The number of aromatic nitrogens is 2. The number of nitrogens with two attached hydrogens (primary N) is 1. The van der Waals surface area contributed by atoms with Gasteiger partial charge in [-0.3, -0.25) is 0 Å². The summed E-state index contributed by atoms with van der Waals surface area (Å²) in [5.41, 5.74) is 11.8. The first-order valence-corrected chi connectivity index (χ1v) is 10.8. The predicted molar refractivity (Wildman–Crippen MR) is 120 cm³/mol. The fourth-order valence-electron chi connectivity index (χ4n) is 3.82. The second-order valence-corrected chi connectivity index (χ2v) is 8.73. The number of methoxy groups -OCH3 is 1. The van der Waals surface area contributed by atoms with E-state index in [4.69, 9.17) is 25.0 Å². The number of nitrogen functional groups attached to an aromatic ring is 1. The summed E-state index contributed by atoms with van der Waals surface area (Å²) in [4.78, 5) is 0. The van der Waals surface area contributed by atoms with E-state index in [1.807, 2.05) is 30.1 Å². The van der Waals surface area contributed by atoms with E-state index >= 15 is 0 Å². The molecule has 0 spiro atoms. The van der Waals surface area contributed by atoms with Crippen molar-refractivity contribution in [2.45, 2.75) is 32.9 Å². The third-order valence-corrected chi connectivity index (χ3v) is 6.34. The molecule has 2 aliphatic rings. The number of hydrogen-bond donors (Lipinski definition) is 1. The molecule has 8 nitrogen and oxygen atoms in total. The normalized spacial score (nSPS) is 17.3. The van der Waals surface area contributed by atoms with Gasteiger partial charge in [-0.2, -0.15) is 5.10 Å². The number of benzene rings is 2. The zero-order valence-corrected chi connectivity index (χ0v) is 18.4. The summed E-state index contributed by atoms with van der Waals surface area (Å²) in [6.45, 7) is 4.79. The molecular weight excluding hydrogens is 414 g/mol. The third-order valence-electron chi connectivity index (χ3n) is 5.46. The fourth-order valence-corrected chi connectivity index (χ4v) is 4.69. The summed E-state index contributed by atoms with van der Waals surface area (Å²) >= 11 is 1.48. The molecule has 3 aromatic rings. The van der Waals surface area contributed by atoms with Crippen molar-refractivity contribution in [3.63, 3.8) is 0 Å². The van der Waals surface area contributed by atoms with Gasteiger partial charge in [-0.1, -0.05) is 17.4 Å². The number of anilines is 2. The molecule has 31 heavy (non-hydrogen) atoms. The van der Waals surface area contributed by atoms with Gasteiger partial charge in [0.1, 0.15) is 11.6 Å². The van der Waals surface area contributed by atoms with Crippen molar-refractivity contribution in [3.05, 3.63) is 57.6 Å². The lowest BCUT2D eigenvalue weighted by atomic mass is 9.93. The van der Waals surface area contributed by atoms with Crippen LogP contribution in [0.2, 0.25) is 0 Å². The molecule has 2 aromatic carbocycles. The Bertz CT molecular complexity index is 1180. The molecule has 0 saturated heterocycles. The molecule has 2 N–H and O–H groups in total. The molecule has 9 heteroatoms. The van der Waals surface area contributed by atoms with Crippen LogP contribution in [0.3, 0.4) is 0 Å². The van der Waals surface area contributed by atoms with Gasteiger partial charge in [-0.15, -0.1) is 10.2 Å². The van der Waals surface area contributed by atoms with E-state index in [2.05, 4.69) is 29.3 Å². The number of nitrogens with zero attached hydrogens (tertiary/aromatic N) is 4. The van der Waals surface area contributed by atoms with Crippen molar-refractivity contribution in [1.82, 2.24) is 10.2 Å². The van der Waals surface area contributed by atoms with Crippen LogP contribution < -0.4 is 20.2 Å². The molecular formula is C22H23N5O3S. The fraction of sp³-hybridized carbons (Fsp3) is 0.318. The monoisotopic (exact) mass is 437 g/mol. The van der Waals surface area contributed by atoms with Crippen molar-refractivity contribution in [3.8, 4) is 11.5 Å². The van der Waals surface area contributed by atoms with Gasteiger partial charge < -0.3 is 19.9 Å². The topological polar surface area (TPSA) is 95.1 Å². The minimum atomic E-state index is 0.0647. The van der Waals surface area contributed by atoms with Crippen molar-refractivity contribution in [2.24, 2.45) is 5.10 Å². The van der Waals surface area contributed by atoms with Gasteiger partial charge in [0.15, 0.2) is 11.5 Å². The van der Waals surface area contributed by atoms with E-state index in [1.165, 1.54) is 11.3 Å². The first-order valence-electron chi connectivity index (χ1n) is 10.0. The molecule has 0 amide bonds. The average Bonchev–Trinajstić information content (AvgIpc) is 3.37. The zero-order chi connectivity index (χ0) is 21.5. The van der Waals surface area contributed by atoms with Crippen LogP contribution >= 0.6 is 11.3 Å². The van der Waals surface area contributed by atoms with Crippen LogP contribution in [-0.2, 0) is 17.8 Å². The summed E-state index contributed by atoms with van der Waals surface area (Å²) in [6.07, 6.45) is 0.770. The lowest BCUT2D eigenvalue weighted by molar-refractivity contribution is 0.174. The van der Waals surface area contributed by atoms with Gasteiger partial charge in [-0.05, 0) is 55.7 Å². The van der Waals surface area contributed by atoms with Crippen LogP contribution in [0.25, 0.3) is 0 Å². The number of rotatable bonds is 4. The third kappa shape index (κ3) is 3.60. The van der Waals surface area contributed by atoms with E-state index in [0.29, 0.717) is 6.61 Å². The Labute approximate surface area is 184 Å². The quantitative estimate of drug-likeness (QED) is 0.624. The van der Waals surface area contributed by atoms with E-state index in [0.717, 1.165) is 61.7 Å². The summed E-state index contributed by atoms with van der Waals surface area (Å²) in [5, 5.41) is 17.2. The Balaban J connectivity index is 1.67. The Hall–Kier alpha value is -3.17. The van der Waals surface area contributed by atoms with Gasteiger partial charge in [0, 0.05) is 23.9 Å². The maximum atomic E-state index is 6.07. The first-order chi connectivity index (χ1) is 15.0. The zero-order valence-electron chi connectivity index (χ0n) is 17.6. The van der Waals surface area contributed by atoms with Gasteiger partial charge in [-0.25, -0.2) is 5.01 Å². The largest absolute Gasteiger partial charge is 0.454 e. The molecule has 1 atom stereocenters. The molecule has 2 aliphatic heterocycles. The van der Waals surface area contributed by atoms with E-state index in [9.17, 15) is 0 Å². The summed E-state index contributed by atoms with van der Waals surface area (Å²) in [6, 6.07) is 10.1. The minimum absolute atomic E-state index is 0.0647. The first kappa shape index (κ1) is 19.8. The van der Waals surface area contributed by atoms with E-state index in [-0.39, 0.29) is 12.8 Å². The van der Waals surface area contributed by atoms with Crippen LogP contribution in [0.1, 0.15) is 34.2 Å². The van der Waals surface area contributed by atoms with Crippen molar-refractivity contribution in [1.29, 1.82) is 0 Å². The highest BCUT2D eigenvalue weighted by atomic mass is 32.1. The van der Waals surface area contributed by atoms with Crippen molar-refractivity contribution >= 4 is 27.9 Å². The Morgan fingerprint density at radius 2 is 2.00 bits per heavy atom. The maximum Gasteiger partial charge on any atom is 0.231 e. The van der Waals surface area contributed by atoms with Crippen LogP contribution in [-0.4, -0.2) is 35.9 Å². The number of hydrogen-bond acceptors (Lipinski definition) is 9. The highest BCUT2D eigenvalue weighted by molar-refractivity contribution is 7.15. The van der Waals surface area contributed by atoms with Gasteiger partial charge in [0.25, 0.3) is 0 Å². The second-order valence-electron chi connectivity index (χ2n) is 7.69. The number of fused-ring (bicyclic) bond motifs is 2. The van der Waals surface area contributed by atoms with Gasteiger partial charge in [0.05, 0.1) is 11.8 Å². The van der Waals surface area contributed by atoms with Crippen molar-refractivity contribution < 1.29 is 14.2 Å². The number of hydrazone groups is 1. The Kier molecular flexibility index (Phi) is 4.99. The highest BCUT2D eigenvalue weighted by Crippen LogP contribution is 2.38. The molecule has 3 heterocycles. The Morgan fingerprint density at radius 3 is 2.77 bits per heavy atom. The summed E-state index contributed by atoms with van der Waals surface area (Å²) in [7, 11) is 1.65. The lowest BCUT2D eigenvalue weighted by Gasteiger charge is -2.22. The standard InChI is InChI=1S/C22H23N5O3S/c1-12-6-14(4-5-17(12)23)21-16-9-19-18(29-11-30-19)8-15(16)7-13(2)27(26-21)22-25-24-20(31-22)10-28-3/h4-6,8-9,13H,7,10-11,23H2,1-3H3/t13-/m1/s1. The van der Waals surface area contributed by atoms with Crippen LogP contribution in [0.5, 0.6) is 11.5 Å². The lowest BCUT2D eigenvalue weighted by Crippen LogP contribution is -2.29. The van der Waals surface area contributed by atoms with Gasteiger partial charge >= 0.3 is 0 Å². The highest BCUT2D eigenvalue weighted by Gasteiger charge is 2.29. The van der Waals surface area contributed by atoms with Gasteiger partial charge in [0.2, 0.25) is 11.9 Å². The second kappa shape index (κ2) is 7.82.